The third kappa shape index (κ3) is 3.68. The minimum Gasteiger partial charge on any atom is -0.319 e. The average Bonchev–Trinajstić information content (AvgIpc) is 3.13. The van der Waals surface area contributed by atoms with Crippen LogP contribution in [0, 0.1) is 6.92 Å². The fourth-order valence-electron chi connectivity index (χ4n) is 2.80. The van der Waals surface area contributed by atoms with Gasteiger partial charge in [-0.25, -0.2) is 4.68 Å². The Morgan fingerprint density at radius 2 is 1.89 bits per heavy atom. The highest BCUT2D eigenvalue weighted by Crippen LogP contribution is 2.18. The summed E-state index contributed by atoms with van der Waals surface area (Å²) >= 11 is 1.29. The molecule has 0 saturated carbocycles. The lowest BCUT2D eigenvalue weighted by atomic mass is 10.3. The van der Waals surface area contributed by atoms with Crippen LogP contribution < -0.4 is 10.9 Å². The number of anilines is 1. The molecule has 1 N–H and O–H groups in total. The number of carbonyl (C=O) groups is 1. The number of nitrogens with zero attached hydrogens (tertiary/aromatic N) is 5. The number of para-hydroxylation sites is 1. The molecule has 1 aromatic carbocycles. The summed E-state index contributed by atoms with van der Waals surface area (Å²) in [5.41, 5.74) is 1.47. The van der Waals surface area contributed by atoms with Gasteiger partial charge in [-0.2, -0.15) is 0 Å². The number of carbonyl (C=O) groups excluding carboxylic acids is 1. The van der Waals surface area contributed by atoms with Gasteiger partial charge in [0, 0.05) is 20.5 Å². The molecule has 2 heterocycles. The fourth-order valence-corrected chi connectivity index (χ4v) is 3.53. The molecule has 1 amide bonds. The van der Waals surface area contributed by atoms with Crippen LogP contribution in [0.4, 0.5) is 5.69 Å². The second-order valence-corrected chi connectivity index (χ2v) is 7.03. The Hall–Kier alpha value is -2.81. The van der Waals surface area contributed by atoms with Crippen molar-refractivity contribution in [1.29, 1.82) is 0 Å². The van der Waals surface area contributed by atoms with E-state index >= 15 is 0 Å². The molecule has 0 radical (unpaired) electrons. The second kappa shape index (κ2) is 7.83. The predicted molar refractivity (Wildman–Crippen MR) is 105 cm³/mol. The Balaban J connectivity index is 1.76. The van der Waals surface area contributed by atoms with E-state index in [0.717, 1.165) is 17.9 Å². The van der Waals surface area contributed by atoms with Gasteiger partial charge in [0.25, 0.3) is 5.56 Å². The maximum absolute atomic E-state index is 12.8. The summed E-state index contributed by atoms with van der Waals surface area (Å²) in [5.74, 6) is 0.754. The number of hydrogen-bond donors (Lipinski definition) is 1. The zero-order valence-electron chi connectivity index (χ0n) is 15.8. The van der Waals surface area contributed by atoms with Crippen LogP contribution in [0.5, 0.6) is 0 Å². The van der Waals surface area contributed by atoms with E-state index in [1.807, 2.05) is 48.9 Å². The van der Waals surface area contributed by atoms with Gasteiger partial charge in [-0.3, -0.25) is 14.3 Å². The lowest BCUT2D eigenvalue weighted by Gasteiger charge is -2.07. The van der Waals surface area contributed by atoms with Crippen molar-refractivity contribution in [2.24, 2.45) is 14.1 Å². The minimum atomic E-state index is -0.258. The normalized spacial score (nSPS) is 11.0. The van der Waals surface area contributed by atoms with Crippen molar-refractivity contribution in [3.8, 4) is 5.69 Å². The van der Waals surface area contributed by atoms with Gasteiger partial charge in [-0.15, -0.1) is 10.2 Å². The molecule has 0 fully saturated rings. The smallest absolute Gasteiger partial charge is 0.295 e. The van der Waals surface area contributed by atoms with Crippen LogP contribution in [0.25, 0.3) is 5.69 Å². The SMILES string of the molecule is CCc1nnc(SCC(=O)Nc2c(C)n(C)n(-c3ccccc3)c2=O)n1C. The first kappa shape index (κ1) is 19.0. The Bertz CT molecular complexity index is 1020. The highest BCUT2D eigenvalue weighted by Gasteiger charge is 2.18. The van der Waals surface area contributed by atoms with E-state index in [0.29, 0.717) is 16.5 Å². The van der Waals surface area contributed by atoms with Crippen molar-refractivity contribution >= 4 is 23.4 Å². The maximum Gasteiger partial charge on any atom is 0.295 e. The number of thioether (sulfide) groups is 1. The molecule has 2 aromatic heterocycles. The molecular weight excluding hydrogens is 364 g/mol. The summed E-state index contributed by atoms with van der Waals surface area (Å²) < 4.78 is 5.14. The van der Waals surface area contributed by atoms with E-state index in [9.17, 15) is 9.59 Å². The van der Waals surface area contributed by atoms with Gasteiger partial charge in [-0.1, -0.05) is 36.9 Å². The van der Waals surface area contributed by atoms with E-state index in [1.54, 1.807) is 18.7 Å². The van der Waals surface area contributed by atoms with E-state index < -0.39 is 0 Å². The summed E-state index contributed by atoms with van der Waals surface area (Å²) in [6, 6.07) is 9.32. The average molecular weight is 386 g/mol. The second-order valence-electron chi connectivity index (χ2n) is 6.08. The summed E-state index contributed by atoms with van der Waals surface area (Å²) in [4.78, 5) is 25.2. The summed E-state index contributed by atoms with van der Waals surface area (Å²) in [6.45, 7) is 3.81. The van der Waals surface area contributed by atoms with Crippen LogP contribution in [0.1, 0.15) is 18.4 Å². The maximum atomic E-state index is 12.8. The number of aromatic nitrogens is 5. The first-order valence-corrected chi connectivity index (χ1v) is 9.57. The van der Waals surface area contributed by atoms with E-state index in [1.165, 1.54) is 16.4 Å². The van der Waals surface area contributed by atoms with Gasteiger partial charge in [0.05, 0.1) is 17.1 Å². The van der Waals surface area contributed by atoms with Crippen molar-refractivity contribution in [2.45, 2.75) is 25.4 Å². The van der Waals surface area contributed by atoms with Crippen molar-refractivity contribution in [2.75, 3.05) is 11.1 Å². The van der Waals surface area contributed by atoms with Gasteiger partial charge >= 0.3 is 0 Å². The molecule has 3 aromatic rings. The van der Waals surface area contributed by atoms with Crippen LogP contribution >= 0.6 is 11.8 Å². The molecular formula is C18H22N6O2S. The molecule has 0 aliphatic heterocycles. The number of aryl methyl sites for hydroxylation is 1. The van der Waals surface area contributed by atoms with E-state index in [2.05, 4.69) is 15.5 Å². The van der Waals surface area contributed by atoms with Gasteiger partial charge in [0.2, 0.25) is 5.91 Å². The van der Waals surface area contributed by atoms with Crippen molar-refractivity contribution in [3.05, 3.63) is 52.2 Å². The molecule has 0 unspecified atom stereocenters. The Morgan fingerprint density at radius 3 is 2.52 bits per heavy atom. The molecule has 27 heavy (non-hydrogen) atoms. The molecule has 142 valence electrons. The molecule has 3 rings (SSSR count). The standard InChI is InChI=1S/C18H22N6O2S/c1-5-14-20-21-18(22(14)3)27-11-15(25)19-16-12(2)23(4)24(17(16)26)13-9-7-6-8-10-13/h6-10H,5,11H2,1-4H3,(H,19,25). The van der Waals surface area contributed by atoms with Gasteiger partial charge < -0.3 is 9.88 Å². The van der Waals surface area contributed by atoms with Crippen molar-refractivity contribution in [1.82, 2.24) is 24.1 Å². The van der Waals surface area contributed by atoms with E-state index in [4.69, 9.17) is 0 Å². The number of rotatable bonds is 6. The Labute approximate surface area is 161 Å². The lowest BCUT2D eigenvalue weighted by Crippen LogP contribution is -2.23. The third-order valence-electron chi connectivity index (χ3n) is 4.39. The van der Waals surface area contributed by atoms with Gasteiger partial charge in [0.15, 0.2) is 5.16 Å². The predicted octanol–water partition coefficient (Wildman–Crippen LogP) is 1.91. The number of amides is 1. The highest BCUT2D eigenvalue weighted by atomic mass is 32.2. The van der Waals surface area contributed by atoms with Crippen molar-refractivity contribution in [3.63, 3.8) is 0 Å². The molecule has 0 aliphatic rings. The summed E-state index contributed by atoms with van der Waals surface area (Å²) in [6.07, 6.45) is 0.776. The quantitative estimate of drug-likeness (QED) is 0.654. The lowest BCUT2D eigenvalue weighted by molar-refractivity contribution is -0.113. The van der Waals surface area contributed by atoms with Crippen molar-refractivity contribution < 1.29 is 4.79 Å². The molecule has 0 saturated heterocycles. The molecule has 9 heteroatoms. The molecule has 0 bridgehead atoms. The highest BCUT2D eigenvalue weighted by molar-refractivity contribution is 7.99. The monoisotopic (exact) mass is 386 g/mol. The Kier molecular flexibility index (Phi) is 5.50. The van der Waals surface area contributed by atoms with E-state index in [-0.39, 0.29) is 17.2 Å². The molecule has 0 aliphatic carbocycles. The minimum absolute atomic E-state index is 0.148. The largest absolute Gasteiger partial charge is 0.319 e. The first-order chi connectivity index (χ1) is 12.9. The van der Waals surface area contributed by atoms with Crippen LogP contribution in [0.2, 0.25) is 0 Å². The zero-order chi connectivity index (χ0) is 19.6. The first-order valence-electron chi connectivity index (χ1n) is 8.59. The van der Waals surface area contributed by atoms with Crippen LogP contribution in [-0.4, -0.2) is 35.8 Å². The van der Waals surface area contributed by atoms with Crippen LogP contribution in [0.3, 0.4) is 0 Å². The number of benzene rings is 1. The van der Waals surface area contributed by atoms with Crippen LogP contribution in [-0.2, 0) is 25.3 Å². The third-order valence-corrected chi connectivity index (χ3v) is 5.41. The van der Waals surface area contributed by atoms with Gasteiger partial charge in [0.1, 0.15) is 11.5 Å². The fraction of sp³-hybridized carbons (Fsp3) is 0.333. The van der Waals surface area contributed by atoms with Crippen LogP contribution in [0.15, 0.2) is 40.3 Å². The number of nitrogens with one attached hydrogen (secondary N) is 1. The number of hydrogen-bond acceptors (Lipinski definition) is 5. The zero-order valence-corrected chi connectivity index (χ0v) is 16.6. The summed E-state index contributed by atoms with van der Waals surface area (Å²) in [7, 11) is 3.67. The Morgan fingerprint density at radius 1 is 1.19 bits per heavy atom. The summed E-state index contributed by atoms with van der Waals surface area (Å²) in [5, 5.41) is 11.6. The topological polar surface area (TPSA) is 86.7 Å². The molecule has 0 atom stereocenters. The molecule has 0 spiro atoms. The van der Waals surface area contributed by atoms with Gasteiger partial charge in [-0.05, 0) is 19.1 Å². The molecule has 8 nitrogen and oxygen atoms in total.